The first-order chi connectivity index (χ1) is 11.7. The monoisotopic (exact) mass is 324 g/mol. The summed E-state index contributed by atoms with van der Waals surface area (Å²) < 4.78 is 10.9. The van der Waals surface area contributed by atoms with Crippen LogP contribution in [0.1, 0.15) is 38.4 Å². The fraction of sp³-hybridized carbons (Fsp3) is 0.278. The highest BCUT2D eigenvalue weighted by Crippen LogP contribution is 2.29. The number of aryl methyl sites for hydroxylation is 1. The van der Waals surface area contributed by atoms with E-state index in [0.717, 1.165) is 5.56 Å². The smallest absolute Gasteiger partial charge is 0.252 e. The van der Waals surface area contributed by atoms with Gasteiger partial charge in [-0.3, -0.25) is 14.6 Å². The Morgan fingerprint density at radius 3 is 2.88 bits per heavy atom. The number of nitrogens with zero attached hydrogens (tertiary/aromatic N) is 1. The molecule has 0 radical (unpaired) electrons. The van der Waals surface area contributed by atoms with E-state index in [0.29, 0.717) is 54.4 Å². The molecule has 0 saturated heterocycles. The lowest BCUT2D eigenvalue weighted by Gasteiger charge is -2.18. The highest BCUT2D eigenvalue weighted by atomic mass is 16.6. The Kier molecular flexibility index (Phi) is 3.65. The van der Waals surface area contributed by atoms with E-state index >= 15 is 0 Å². The molecule has 1 aliphatic heterocycles. The van der Waals surface area contributed by atoms with E-state index in [1.165, 1.54) is 0 Å². The molecule has 1 aromatic carbocycles. The van der Waals surface area contributed by atoms with Gasteiger partial charge in [0.25, 0.3) is 5.91 Å². The molecule has 1 aromatic heterocycles. The number of pyridine rings is 1. The molecule has 1 amide bonds. The second-order valence-corrected chi connectivity index (χ2v) is 5.76. The molecule has 6 nitrogen and oxygen atoms in total. The number of carbonyl (C=O) groups excluding carboxylic acids is 2. The molecule has 0 unspecified atom stereocenters. The number of benzene rings is 1. The van der Waals surface area contributed by atoms with Gasteiger partial charge >= 0.3 is 0 Å². The topological polar surface area (TPSA) is 77.5 Å². The van der Waals surface area contributed by atoms with Crippen molar-refractivity contribution < 1.29 is 19.1 Å². The molecule has 0 spiro atoms. The van der Waals surface area contributed by atoms with Crippen molar-refractivity contribution in [1.29, 1.82) is 0 Å². The first-order valence-corrected chi connectivity index (χ1v) is 7.90. The summed E-state index contributed by atoms with van der Waals surface area (Å²) in [6.45, 7) is 1.27. The Labute approximate surface area is 138 Å². The minimum atomic E-state index is -0.265. The average Bonchev–Trinajstić information content (AvgIpc) is 3.01. The van der Waals surface area contributed by atoms with E-state index in [4.69, 9.17) is 9.47 Å². The summed E-state index contributed by atoms with van der Waals surface area (Å²) in [6, 6.07) is 7.16. The average molecular weight is 324 g/mol. The lowest BCUT2D eigenvalue weighted by Crippen LogP contribution is -2.25. The quantitative estimate of drug-likeness (QED) is 0.933. The summed E-state index contributed by atoms with van der Waals surface area (Å²) in [5.41, 5.74) is 2.62. The molecule has 24 heavy (non-hydrogen) atoms. The van der Waals surface area contributed by atoms with Gasteiger partial charge in [0.2, 0.25) is 0 Å². The number of ketones is 1. The van der Waals surface area contributed by atoms with Gasteiger partial charge in [-0.1, -0.05) is 12.1 Å². The SMILES string of the molecule is O=C(NCc1cc2c(cn1)OCCO2)c1cccc2c1C(=O)CC2. The highest BCUT2D eigenvalue weighted by Gasteiger charge is 2.25. The van der Waals surface area contributed by atoms with Gasteiger partial charge in [-0.05, 0) is 18.1 Å². The molecule has 6 heteroatoms. The number of nitrogens with one attached hydrogen (secondary N) is 1. The number of hydrogen-bond acceptors (Lipinski definition) is 5. The van der Waals surface area contributed by atoms with Crippen molar-refractivity contribution in [1.82, 2.24) is 10.3 Å². The number of hydrogen-bond donors (Lipinski definition) is 1. The number of Topliss-reactive ketones (excluding diaryl/α,β-unsaturated/α-hetero) is 1. The number of rotatable bonds is 3. The van der Waals surface area contributed by atoms with Gasteiger partial charge in [-0.25, -0.2) is 0 Å². The third-order valence-electron chi connectivity index (χ3n) is 4.21. The van der Waals surface area contributed by atoms with Crippen LogP contribution in [-0.4, -0.2) is 29.9 Å². The maximum Gasteiger partial charge on any atom is 0.252 e. The normalized spacial score (nSPS) is 15.1. The zero-order valence-corrected chi connectivity index (χ0v) is 13.0. The summed E-state index contributed by atoms with van der Waals surface area (Å²) >= 11 is 0. The summed E-state index contributed by atoms with van der Waals surface area (Å²) in [4.78, 5) is 28.7. The van der Waals surface area contributed by atoms with Gasteiger partial charge in [0, 0.05) is 18.1 Å². The molecule has 0 fully saturated rings. The molecule has 0 saturated carbocycles. The predicted molar refractivity (Wildman–Crippen MR) is 85.5 cm³/mol. The van der Waals surface area contributed by atoms with Gasteiger partial charge in [-0.2, -0.15) is 0 Å². The van der Waals surface area contributed by atoms with Gasteiger partial charge in [0.05, 0.1) is 24.0 Å². The fourth-order valence-corrected chi connectivity index (χ4v) is 3.05. The number of carbonyl (C=O) groups is 2. The van der Waals surface area contributed by atoms with Gasteiger partial charge < -0.3 is 14.8 Å². The van der Waals surface area contributed by atoms with Crippen molar-refractivity contribution in [3.05, 3.63) is 52.8 Å². The van der Waals surface area contributed by atoms with Gasteiger partial charge in [0.1, 0.15) is 13.2 Å². The summed E-state index contributed by atoms with van der Waals surface area (Å²) in [7, 11) is 0. The van der Waals surface area contributed by atoms with Crippen molar-refractivity contribution in [2.24, 2.45) is 0 Å². The largest absolute Gasteiger partial charge is 0.486 e. The predicted octanol–water partition coefficient (Wildman–Crippen LogP) is 1.91. The van der Waals surface area contributed by atoms with Crippen molar-refractivity contribution in [2.45, 2.75) is 19.4 Å². The summed E-state index contributed by atoms with van der Waals surface area (Å²) in [5, 5.41) is 2.82. The Bertz CT molecular complexity index is 832. The van der Waals surface area contributed by atoms with Crippen molar-refractivity contribution in [3.8, 4) is 11.5 Å². The van der Waals surface area contributed by atoms with Crippen LogP contribution < -0.4 is 14.8 Å². The number of ether oxygens (including phenoxy) is 2. The van der Waals surface area contributed by atoms with Crippen LogP contribution in [-0.2, 0) is 13.0 Å². The first-order valence-electron chi connectivity index (χ1n) is 7.90. The molecule has 4 rings (SSSR count). The van der Waals surface area contributed by atoms with Crippen molar-refractivity contribution >= 4 is 11.7 Å². The van der Waals surface area contributed by atoms with E-state index in [1.54, 1.807) is 18.3 Å². The first kappa shape index (κ1) is 14.7. The standard InChI is InChI=1S/C18H16N2O4/c21-14-5-4-11-2-1-3-13(17(11)14)18(22)20-9-12-8-15-16(10-19-12)24-7-6-23-15/h1-3,8,10H,4-7,9H2,(H,20,22). The minimum Gasteiger partial charge on any atom is -0.486 e. The molecule has 2 heterocycles. The van der Waals surface area contributed by atoms with Gasteiger partial charge in [0.15, 0.2) is 17.3 Å². The Morgan fingerprint density at radius 2 is 2.00 bits per heavy atom. The molecule has 2 aliphatic rings. The van der Waals surface area contributed by atoms with Crippen molar-refractivity contribution in [2.75, 3.05) is 13.2 Å². The van der Waals surface area contributed by atoms with E-state index in [1.807, 2.05) is 12.1 Å². The number of amides is 1. The van der Waals surface area contributed by atoms with Gasteiger partial charge in [-0.15, -0.1) is 0 Å². The zero-order chi connectivity index (χ0) is 16.5. The van der Waals surface area contributed by atoms with Crippen LogP contribution >= 0.6 is 0 Å². The molecule has 0 atom stereocenters. The summed E-state index contributed by atoms with van der Waals surface area (Å²) in [5.74, 6) is 1.02. The van der Waals surface area contributed by atoms with E-state index in [2.05, 4.69) is 10.3 Å². The molecular weight excluding hydrogens is 308 g/mol. The van der Waals surface area contributed by atoms with Crippen LogP contribution in [0.15, 0.2) is 30.5 Å². The Hall–Kier alpha value is -2.89. The molecule has 1 aliphatic carbocycles. The van der Waals surface area contributed by atoms with Crippen LogP contribution in [0.25, 0.3) is 0 Å². The third-order valence-corrected chi connectivity index (χ3v) is 4.21. The molecule has 122 valence electrons. The Balaban J connectivity index is 1.50. The number of fused-ring (bicyclic) bond motifs is 2. The fourth-order valence-electron chi connectivity index (χ4n) is 3.05. The van der Waals surface area contributed by atoms with Crippen molar-refractivity contribution in [3.63, 3.8) is 0 Å². The molecule has 2 aromatic rings. The maximum absolute atomic E-state index is 12.5. The lowest BCUT2D eigenvalue weighted by molar-refractivity contribution is 0.0933. The molecule has 1 N–H and O–H groups in total. The minimum absolute atomic E-state index is 0.0354. The van der Waals surface area contributed by atoms with Crippen LogP contribution in [0, 0.1) is 0 Å². The van der Waals surface area contributed by atoms with E-state index in [-0.39, 0.29) is 18.2 Å². The number of aromatic nitrogens is 1. The lowest BCUT2D eigenvalue weighted by atomic mass is 10.0. The summed E-state index contributed by atoms with van der Waals surface area (Å²) in [6.07, 6.45) is 2.78. The maximum atomic E-state index is 12.5. The van der Waals surface area contributed by atoms with Crippen LogP contribution in [0.5, 0.6) is 11.5 Å². The van der Waals surface area contributed by atoms with E-state index < -0.39 is 0 Å². The second kappa shape index (κ2) is 5.96. The highest BCUT2D eigenvalue weighted by molar-refractivity contribution is 6.10. The molecular formula is C18H16N2O4. The van der Waals surface area contributed by atoms with Crippen LogP contribution in [0.3, 0.4) is 0 Å². The second-order valence-electron chi connectivity index (χ2n) is 5.76. The van der Waals surface area contributed by atoms with Crippen LogP contribution in [0.2, 0.25) is 0 Å². The zero-order valence-electron chi connectivity index (χ0n) is 13.0. The third kappa shape index (κ3) is 2.60. The van der Waals surface area contributed by atoms with E-state index in [9.17, 15) is 9.59 Å². The molecule has 0 bridgehead atoms. The van der Waals surface area contributed by atoms with Crippen LogP contribution in [0.4, 0.5) is 0 Å². The Morgan fingerprint density at radius 1 is 1.17 bits per heavy atom.